The van der Waals surface area contributed by atoms with Gasteiger partial charge in [-0.3, -0.25) is 0 Å². The van der Waals surface area contributed by atoms with Crippen LogP contribution >= 0.6 is 0 Å². The van der Waals surface area contributed by atoms with Crippen LogP contribution in [0.15, 0.2) is 30.5 Å². The Labute approximate surface area is 164 Å². The molecule has 1 unspecified atom stereocenters. The van der Waals surface area contributed by atoms with E-state index in [-0.39, 0.29) is 0 Å². The van der Waals surface area contributed by atoms with Crippen molar-refractivity contribution in [2.45, 2.75) is 83.5 Å². The van der Waals surface area contributed by atoms with Gasteiger partial charge in [-0.2, -0.15) is 0 Å². The predicted octanol–water partition coefficient (Wildman–Crippen LogP) is 5.99. The lowest BCUT2D eigenvalue weighted by molar-refractivity contribution is 0.492. The number of benzene rings is 1. The third-order valence-electron chi connectivity index (χ3n) is 6.84. The molecule has 1 aromatic carbocycles. The van der Waals surface area contributed by atoms with Crippen LogP contribution < -0.4 is 5.73 Å². The number of hydrogen-bond donors (Lipinski definition) is 1. The van der Waals surface area contributed by atoms with Crippen molar-refractivity contribution >= 4 is 5.82 Å². The third-order valence-corrected chi connectivity index (χ3v) is 6.84. The van der Waals surface area contributed by atoms with E-state index in [0.717, 1.165) is 12.3 Å². The van der Waals surface area contributed by atoms with Gasteiger partial charge < -0.3 is 5.73 Å². The molecule has 1 spiro atoms. The van der Waals surface area contributed by atoms with Crippen molar-refractivity contribution in [1.29, 1.82) is 0 Å². The number of fused-ring (bicyclic) bond motifs is 2. The Balaban J connectivity index is 1.57. The highest BCUT2D eigenvalue weighted by molar-refractivity contribution is 5.53. The number of rotatable bonds is 8. The summed E-state index contributed by atoms with van der Waals surface area (Å²) < 4.78 is 0. The second-order valence-electron chi connectivity index (χ2n) is 9.09. The zero-order chi connectivity index (χ0) is 18.9. The number of hydrogen-bond acceptors (Lipinski definition) is 2. The average molecular weight is 363 g/mol. The van der Waals surface area contributed by atoms with Gasteiger partial charge in [-0.05, 0) is 83.7 Å². The molecule has 27 heavy (non-hydrogen) atoms. The molecule has 2 aliphatic rings. The zero-order valence-corrected chi connectivity index (χ0v) is 17.1. The number of pyridine rings is 1. The topological polar surface area (TPSA) is 38.9 Å². The van der Waals surface area contributed by atoms with Crippen molar-refractivity contribution in [3.8, 4) is 0 Å². The maximum Gasteiger partial charge on any atom is 0.123 e. The molecule has 0 bridgehead atoms. The van der Waals surface area contributed by atoms with Crippen LogP contribution in [0, 0.1) is 5.92 Å². The van der Waals surface area contributed by atoms with E-state index in [1.807, 2.05) is 12.3 Å². The summed E-state index contributed by atoms with van der Waals surface area (Å²) in [5.41, 5.74) is 14.2. The van der Waals surface area contributed by atoms with Gasteiger partial charge >= 0.3 is 0 Å². The number of nitrogen functional groups attached to an aromatic ring is 1. The van der Waals surface area contributed by atoms with E-state index < -0.39 is 0 Å². The van der Waals surface area contributed by atoms with Crippen molar-refractivity contribution in [3.05, 3.63) is 58.3 Å². The maximum absolute atomic E-state index is 5.76. The van der Waals surface area contributed by atoms with E-state index >= 15 is 0 Å². The van der Waals surface area contributed by atoms with Crippen molar-refractivity contribution in [3.63, 3.8) is 0 Å². The van der Waals surface area contributed by atoms with Crippen LogP contribution in [-0.2, 0) is 24.7 Å². The minimum atomic E-state index is 0.521. The van der Waals surface area contributed by atoms with Gasteiger partial charge in [0.2, 0.25) is 0 Å². The molecule has 144 valence electrons. The largest absolute Gasteiger partial charge is 0.384 e. The van der Waals surface area contributed by atoms with Crippen LogP contribution in [0.1, 0.15) is 86.6 Å². The van der Waals surface area contributed by atoms with Gasteiger partial charge in [0.15, 0.2) is 0 Å². The van der Waals surface area contributed by atoms with Crippen molar-refractivity contribution in [2.24, 2.45) is 5.92 Å². The number of unbranched alkanes of at least 4 members (excludes halogenated alkanes) is 2. The number of nitrogens with zero attached hydrogens (tertiary/aromatic N) is 1. The maximum atomic E-state index is 5.76. The predicted molar refractivity (Wildman–Crippen MR) is 114 cm³/mol. The molecule has 2 aliphatic carbocycles. The Hall–Kier alpha value is -1.83. The minimum absolute atomic E-state index is 0.521. The monoisotopic (exact) mass is 362 g/mol. The molecule has 1 fully saturated rings. The lowest BCUT2D eigenvalue weighted by Crippen LogP contribution is -2.09. The SMILES string of the molecule is CCCCCC(C)Cc1ccc(Cc2ccc(N)nc2)c2c1CCC21CC1. The molecule has 4 rings (SSSR count). The molecule has 1 atom stereocenters. The molecule has 1 heterocycles. The van der Waals surface area contributed by atoms with Crippen LogP contribution in [0.5, 0.6) is 0 Å². The number of aromatic nitrogens is 1. The molecule has 0 radical (unpaired) electrons. The van der Waals surface area contributed by atoms with Crippen molar-refractivity contribution < 1.29 is 0 Å². The molecule has 1 saturated carbocycles. The van der Waals surface area contributed by atoms with Gasteiger partial charge in [0, 0.05) is 6.20 Å². The van der Waals surface area contributed by atoms with Crippen molar-refractivity contribution in [1.82, 2.24) is 4.98 Å². The van der Waals surface area contributed by atoms with E-state index in [1.54, 1.807) is 16.7 Å². The molecule has 2 heteroatoms. The van der Waals surface area contributed by atoms with Crippen LogP contribution in [0.4, 0.5) is 5.82 Å². The lowest BCUT2D eigenvalue weighted by atomic mass is 9.85. The van der Waals surface area contributed by atoms with Gasteiger partial charge in [0.05, 0.1) is 0 Å². The number of anilines is 1. The first-order chi connectivity index (χ1) is 13.1. The molecular formula is C25H34N2. The smallest absolute Gasteiger partial charge is 0.123 e. The van der Waals surface area contributed by atoms with Crippen LogP contribution in [0.3, 0.4) is 0 Å². The molecule has 2 nitrogen and oxygen atoms in total. The fourth-order valence-electron chi connectivity index (χ4n) is 5.15. The van der Waals surface area contributed by atoms with Crippen LogP contribution in [0.2, 0.25) is 0 Å². The van der Waals surface area contributed by atoms with Gasteiger partial charge in [-0.15, -0.1) is 0 Å². The van der Waals surface area contributed by atoms with Gasteiger partial charge in [-0.1, -0.05) is 57.7 Å². The summed E-state index contributed by atoms with van der Waals surface area (Å²) in [5, 5.41) is 0. The highest BCUT2D eigenvalue weighted by Gasteiger charge is 2.50. The Morgan fingerprint density at radius 1 is 1.07 bits per heavy atom. The van der Waals surface area contributed by atoms with Crippen LogP contribution in [-0.4, -0.2) is 4.98 Å². The molecule has 0 amide bonds. The summed E-state index contributed by atoms with van der Waals surface area (Å²) in [6.45, 7) is 4.74. The second kappa shape index (κ2) is 7.66. The Morgan fingerprint density at radius 2 is 1.89 bits per heavy atom. The molecule has 2 N–H and O–H groups in total. The summed E-state index contributed by atoms with van der Waals surface area (Å²) in [6.07, 6.45) is 15.1. The Bertz CT molecular complexity index is 787. The summed E-state index contributed by atoms with van der Waals surface area (Å²) in [5.74, 6) is 1.40. The zero-order valence-electron chi connectivity index (χ0n) is 17.1. The van der Waals surface area contributed by atoms with E-state index in [1.165, 1.54) is 68.9 Å². The lowest BCUT2D eigenvalue weighted by Gasteiger charge is -2.19. The van der Waals surface area contributed by atoms with Crippen LogP contribution in [0.25, 0.3) is 0 Å². The Morgan fingerprint density at radius 3 is 2.59 bits per heavy atom. The molecule has 0 saturated heterocycles. The summed E-state index contributed by atoms with van der Waals surface area (Å²) in [6, 6.07) is 8.92. The minimum Gasteiger partial charge on any atom is -0.384 e. The van der Waals surface area contributed by atoms with E-state index in [0.29, 0.717) is 11.2 Å². The second-order valence-corrected chi connectivity index (χ2v) is 9.09. The van der Waals surface area contributed by atoms with Gasteiger partial charge in [-0.25, -0.2) is 4.98 Å². The van der Waals surface area contributed by atoms with E-state index in [4.69, 9.17) is 5.73 Å². The van der Waals surface area contributed by atoms with Crippen molar-refractivity contribution in [2.75, 3.05) is 5.73 Å². The molecular weight excluding hydrogens is 328 g/mol. The van der Waals surface area contributed by atoms with E-state index in [2.05, 4.69) is 37.0 Å². The fraction of sp³-hybridized carbons (Fsp3) is 0.560. The van der Waals surface area contributed by atoms with Gasteiger partial charge in [0.1, 0.15) is 5.82 Å². The average Bonchev–Trinajstić information content (AvgIpc) is 3.33. The highest BCUT2D eigenvalue weighted by atomic mass is 14.8. The summed E-state index contributed by atoms with van der Waals surface area (Å²) >= 11 is 0. The highest BCUT2D eigenvalue weighted by Crippen LogP contribution is 2.58. The summed E-state index contributed by atoms with van der Waals surface area (Å²) in [7, 11) is 0. The normalized spacial score (nSPS) is 17.9. The molecule has 0 aliphatic heterocycles. The van der Waals surface area contributed by atoms with E-state index in [9.17, 15) is 0 Å². The quantitative estimate of drug-likeness (QED) is 0.586. The first kappa shape index (κ1) is 18.5. The third kappa shape index (κ3) is 3.90. The summed E-state index contributed by atoms with van der Waals surface area (Å²) in [4.78, 5) is 4.29. The first-order valence-corrected chi connectivity index (χ1v) is 11.0. The van der Waals surface area contributed by atoms with Gasteiger partial charge in [0.25, 0.3) is 0 Å². The Kier molecular flexibility index (Phi) is 5.25. The fourth-order valence-corrected chi connectivity index (χ4v) is 5.15. The number of nitrogens with two attached hydrogens (primary N) is 1. The standard InChI is InChI=1S/C25H34N2/c1-3-4-5-6-18(2)15-20-8-9-21(16-19-7-10-23(26)27-17-19)24-22(20)11-12-25(24)13-14-25/h7-10,17-18H,3-6,11-16H2,1-2H3,(H2,26,27). The molecule has 2 aromatic rings. The first-order valence-electron chi connectivity index (χ1n) is 11.0. The molecule has 1 aromatic heterocycles.